The second kappa shape index (κ2) is 4.78. The molecule has 5 heteroatoms. The lowest BCUT2D eigenvalue weighted by Gasteiger charge is -2.10. The third kappa shape index (κ3) is 2.11. The molecule has 2 aromatic rings. The first-order valence-corrected chi connectivity index (χ1v) is 6.61. The van der Waals surface area contributed by atoms with Crippen molar-refractivity contribution < 1.29 is 4.39 Å². The van der Waals surface area contributed by atoms with Gasteiger partial charge in [0.1, 0.15) is 5.82 Å². The first-order valence-electron chi connectivity index (χ1n) is 5.11. The van der Waals surface area contributed by atoms with Crippen molar-refractivity contribution >= 4 is 27.5 Å². The van der Waals surface area contributed by atoms with Gasteiger partial charge in [0.2, 0.25) is 0 Å². The Morgan fingerprint density at radius 3 is 2.65 bits per heavy atom. The van der Waals surface area contributed by atoms with E-state index in [1.54, 1.807) is 10.7 Å². The van der Waals surface area contributed by atoms with E-state index in [1.807, 2.05) is 19.9 Å². The molecule has 0 aliphatic carbocycles. The van der Waals surface area contributed by atoms with E-state index in [9.17, 15) is 4.39 Å². The van der Waals surface area contributed by atoms with Gasteiger partial charge in [-0.15, -0.1) is 0 Å². The molecule has 0 spiro atoms. The van der Waals surface area contributed by atoms with E-state index in [1.165, 1.54) is 6.07 Å². The fraction of sp³-hybridized carbons (Fsp3) is 0.250. The van der Waals surface area contributed by atoms with Crippen LogP contribution in [0.2, 0.25) is 5.02 Å². The van der Waals surface area contributed by atoms with Gasteiger partial charge in [0, 0.05) is 10.9 Å². The average molecular weight is 318 g/mol. The maximum Gasteiger partial charge on any atom is 0.129 e. The Bertz CT molecular complexity index is 566. The highest BCUT2D eigenvalue weighted by Gasteiger charge is 2.15. The van der Waals surface area contributed by atoms with Crippen molar-refractivity contribution in [1.29, 1.82) is 0 Å². The highest BCUT2D eigenvalue weighted by Crippen LogP contribution is 2.26. The maximum atomic E-state index is 13.7. The summed E-state index contributed by atoms with van der Waals surface area (Å²) in [5.74, 6) is -0.247. The van der Waals surface area contributed by atoms with E-state index in [-0.39, 0.29) is 5.82 Å². The predicted molar refractivity (Wildman–Crippen MR) is 70.6 cm³/mol. The van der Waals surface area contributed by atoms with Gasteiger partial charge in [0.25, 0.3) is 0 Å². The lowest BCUT2D eigenvalue weighted by Crippen LogP contribution is -2.04. The Balaban J connectivity index is 2.68. The van der Waals surface area contributed by atoms with Crippen LogP contribution in [-0.4, -0.2) is 9.78 Å². The summed E-state index contributed by atoms with van der Waals surface area (Å²) >= 11 is 9.39. The van der Waals surface area contributed by atoms with Crippen molar-refractivity contribution in [2.45, 2.75) is 19.2 Å². The zero-order valence-corrected chi connectivity index (χ0v) is 11.8. The molecule has 1 aromatic carbocycles. The summed E-state index contributed by atoms with van der Waals surface area (Å²) in [6.07, 6.45) is 0. The zero-order chi connectivity index (χ0) is 12.6. The molecule has 1 heterocycles. The summed E-state index contributed by atoms with van der Waals surface area (Å²) in [5, 5.41) is 5.38. The van der Waals surface area contributed by atoms with Crippen LogP contribution < -0.4 is 0 Å². The number of aryl methyl sites for hydroxylation is 1. The summed E-state index contributed by atoms with van der Waals surface area (Å²) in [7, 11) is 0. The van der Waals surface area contributed by atoms with Crippen molar-refractivity contribution in [2.24, 2.45) is 0 Å². The highest BCUT2D eigenvalue weighted by molar-refractivity contribution is 9.08. The molecule has 0 saturated carbocycles. The molecular formula is C12H11BrClFN2. The molecule has 90 valence electrons. The molecule has 0 bridgehead atoms. The largest absolute Gasteiger partial charge is 0.236 e. The first-order chi connectivity index (χ1) is 8.06. The number of alkyl halides is 1. The molecule has 0 atom stereocenters. The van der Waals surface area contributed by atoms with Crippen LogP contribution in [0.4, 0.5) is 4.39 Å². The topological polar surface area (TPSA) is 17.8 Å². The van der Waals surface area contributed by atoms with Crippen LogP contribution in [-0.2, 0) is 5.33 Å². The van der Waals surface area contributed by atoms with Gasteiger partial charge >= 0.3 is 0 Å². The van der Waals surface area contributed by atoms with E-state index >= 15 is 0 Å². The summed E-state index contributed by atoms with van der Waals surface area (Å²) in [5.41, 5.74) is 2.86. The highest BCUT2D eigenvalue weighted by atomic mass is 79.9. The minimum Gasteiger partial charge on any atom is -0.236 e. The second-order valence-corrected chi connectivity index (χ2v) is 4.71. The van der Waals surface area contributed by atoms with Crippen LogP contribution in [0.15, 0.2) is 18.2 Å². The molecule has 0 aliphatic rings. The van der Waals surface area contributed by atoms with Crippen molar-refractivity contribution in [3.63, 3.8) is 0 Å². The van der Waals surface area contributed by atoms with Crippen LogP contribution in [0.5, 0.6) is 0 Å². The molecular weight excluding hydrogens is 307 g/mol. The van der Waals surface area contributed by atoms with E-state index in [0.717, 1.165) is 17.1 Å². The number of rotatable bonds is 2. The molecule has 0 radical (unpaired) electrons. The lowest BCUT2D eigenvalue weighted by atomic mass is 10.2. The van der Waals surface area contributed by atoms with Crippen molar-refractivity contribution in [2.75, 3.05) is 0 Å². The van der Waals surface area contributed by atoms with E-state index in [2.05, 4.69) is 21.0 Å². The summed E-state index contributed by atoms with van der Waals surface area (Å²) in [6.45, 7) is 3.70. The Kier molecular flexibility index (Phi) is 3.54. The van der Waals surface area contributed by atoms with Gasteiger partial charge in [-0.1, -0.05) is 33.6 Å². The number of benzene rings is 1. The number of halogens is 3. The number of hydrogen-bond donors (Lipinski definition) is 0. The van der Waals surface area contributed by atoms with E-state index < -0.39 is 0 Å². The summed E-state index contributed by atoms with van der Waals surface area (Å²) in [4.78, 5) is 0. The number of hydrogen-bond acceptors (Lipinski definition) is 1. The van der Waals surface area contributed by atoms with Crippen LogP contribution in [0.1, 0.15) is 17.0 Å². The fourth-order valence-electron chi connectivity index (χ4n) is 1.74. The maximum absolute atomic E-state index is 13.7. The van der Waals surface area contributed by atoms with Gasteiger partial charge < -0.3 is 0 Å². The van der Waals surface area contributed by atoms with Crippen LogP contribution in [0.3, 0.4) is 0 Å². The minimum atomic E-state index is -0.247. The summed E-state index contributed by atoms with van der Waals surface area (Å²) in [6, 6.07) is 4.93. The molecule has 2 nitrogen and oxygen atoms in total. The third-order valence-electron chi connectivity index (χ3n) is 2.66. The molecule has 2 rings (SSSR count). The lowest BCUT2D eigenvalue weighted by molar-refractivity contribution is 0.614. The monoisotopic (exact) mass is 316 g/mol. The normalized spacial score (nSPS) is 10.9. The van der Waals surface area contributed by atoms with E-state index in [0.29, 0.717) is 15.9 Å². The smallest absolute Gasteiger partial charge is 0.129 e. The Morgan fingerprint density at radius 2 is 2.12 bits per heavy atom. The molecule has 0 N–H and O–H groups in total. The molecule has 1 aromatic heterocycles. The third-order valence-corrected chi connectivity index (χ3v) is 3.77. The van der Waals surface area contributed by atoms with Crippen molar-refractivity contribution in [3.8, 4) is 5.69 Å². The number of nitrogens with zero attached hydrogens (tertiary/aromatic N) is 2. The molecule has 0 fully saturated rings. The van der Waals surface area contributed by atoms with Gasteiger partial charge in [-0.05, 0) is 26.0 Å². The SMILES string of the molecule is Cc1nn(-c2cccc(F)c2CBr)c(C)c1Cl. The number of aromatic nitrogens is 2. The molecule has 0 amide bonds. The van der Waals surface area contributed by atoms with Crippen LogP contribution in [0.25, 0.3) is 5.69 Å². The minimum absolute atomic E-state index is 0.247. The molecule has 17 heavy (non-hydrogen) atoms. The fourth-order valence-corrected chi connectivity index (χ4v) is 2.41. The predicted octanol–water partition coefficient (Wildman–Crippen LogP) is 4.18. The zero-order valence-electron chi connectivity index (χ0n) is 9.47. The van der Waals surface area contributed by atoms with Crippen LogP contribution in [0, 0.1) is 19.7 Å². The second-order valence-electron chi connectivity index (χ2n) is 3.77. The van der Waals surface area contributed by atoms with Gasteiger partial charge in [0.05, 0.1) is 22.1 Å². The summed E-state index contributed by atoms with van der Waals surface area (Å²) < 4.78 is 15.3. The van der Waals surface area contributed by atoms with Crippen molar-refractivity contribution in [3.05, 3.63) is 46.0 Å². The molecule has 0 aliphatic heterocycles. The van der Waals surface area contributed by atoms with Crippen molar-refractivity contribution in [1.82, 2.24) is 9.78 Å². The van der Waals surface area contributed by atoms with Gasteiger partial charge in [-0.2, -0.15) is 5.10 Å². The average Bonchev–Trinajstić information content (AvgIpc) is 2.56. The molecule has 0 saturated heterocycles. The Morgan fingerprint density at radius 1 is 1.41 bits per heavy atom. The quantitative estimate of drug-likeness (QED) is 0.760. The first kappa shape index (κ1) is 12.6. The van der Waals surface area contributed by atoms with Gasteiger partial charge in [-0.25, -0.2) is 9.07 Å². The Hall–Kier alpha value is -0.870. The molecule has 0 unspecified atom stereocenters. The standard InChI is InChI=1S/C12H11BrClFN2/c1-7-12(14)8(2)17(16-7)11-5-3-4-10(15)9(11)6-13/h3-5H,6H2,1-2H3. The van der Waals surface area contributed by atoms with Gasteiger partial charge in [0.15, 0.2) is 0 Å². The van der Waals surface area contributed by atoms with Gasteiger partial charge in [-0.3, -0.25) is 0 Å². The Labute approximate surface area is 113 Å². The van der Waals surface area contributed by atoms with E-state index in [4.69, 9.17) is 11.6 Å². The van der Waals surface area contributed by atoms with Crippen LogP contribution >= 0.6 is 27.5 Å².